The van der Waals surface area contributed by atoms with Gasteiger partial charge >= 0.3 is 0 Å². The summed E-state index contributed by atoms with van der Waals surface area (Å²) in [5.41, 5.74) is 7.26. The van der Waals surface area contributed by atoms with Crippen LogP contribution < -0.4 is 5.73 Å². The minimum Gasteiger partial charge on any atom is -0.369 e. The van der Waals surface area contributed by atoms with Gasteiger partial charge in [0.2, 0.25) is 11.8 Å². The number of nitrogens with two attached hydrogens (primary N) is 1. The number of carbonyl (C=O) groups excluding carboxylic acids is 2. The molecular formula is C14H21N3O3S. The second-order valence-corrected chi connectivity index (χ2v) is 6.36. The number of hydrogen-bond donors (Lipinski definition) is 1. The highest BCUT2D eigenvalue weighted by Crippen LogP contribution is 2.21. The summed E-state index contributed by atoms with van der Waals surface area (Å²) in [7, 11) is 0. The normalized spacial score (nSPS) is 18.8. The number of rotatable bonds is 5. The molecule has 0 radical (unpaired) electrons. The van der Waals surface area contributed by atoms with E-state index in [1.807, 2.05) is 13.8 Å². The van der Waals surface area contributed by atoms with Gasteiger partial charge in [0.15, 0.2) is 0 Å². The molecule has 2 amide bonds. The lowest BCUT2D eigenvalue weighted by Crippen LogP contribution is -2.44. The molecule has 2 N–H and O–H groups in total. The monoisotopic (exact) mass is 311 g/mol. The van der Waals surface area contributed by atoms with Crippen LogP contribution in [0.5, 0.6) is 0 Å². The Labute approximate surface area is 128 Å². The van der Waals surface area contributed by atoms with Crippen molar-refractivity contribution in [1.29, 1.82) is 0 Å². The first-order valence-electron chi connectivity index (χ1n) is 7.05. The fraction of sp³-hybridized carbons (Fsp3) is 0.643. The third-order valence-corrected chi connectivity index (χ3v) is 4.77. The number of nitrogens with zero attached hydrogens (tertiary/aromatic N) is 2. The Balaban J connectivity index is 1.80. The highest BCUT2D eigenvalue weighted by Gasteiger charge is 2.26. The van der Waals surface area contributed by atoms with Crippen LogP contribution in [0.15, 0.2) is 4.52 Å². The Kier molecular flexibility index (Phi) is 5.27. The quantitative estimate of drug-likeness (QED) is 0.884. The molecule has 0 saturated carbocycles. The molecular weight excluding hydrogens is 290 g/mol. The van der Waals surface area contributed by atoms with Gasteiger partial charge in [0.25, 0.3) is 0 Å². The van der Waals surface area contributed by atoms with E-state index in [0.717, 1.165) is 29.9 Å². The lowest BCUT2D eigenvalue weighted by molar-refractivity contribution is -0.132. The van der Waals surface area contributed by atoms with E-state index in [2.05, 4.69) is 5.16 Å². The Hall–Kier alpha value is -1.50. The van der Waals surface area contributed by atoms with Gasteiger partial charge < -0.3 is 15.2 Å². The van der Waals surface area contributed by atoms with Crippen molar-refractivity contribution >= 4 is 23.6 Å². The van der Waals surface area contributed by atoms with E-state index < -0.39 is 0 Å². The van der Waals surface area contributed by atoms with Gasteiger partial charge in [-0.2, -0.15) is 0 Å². The fourth-order valence-electron chi connectivity index (χ4n) is 2.48. The predicted octanol–water partition coefficient (Wildman–Crippen LogP) is 1.25. The number of amides is 2. The van der Waals surface area contributed by atoms with Crippen LogP contribution in [0.1, 0.15) is 29.9 Å². The minimum absolute atomic E-state index is 0.0673. The first kappa shape index (κ1) is 15.9. The molecule has 2 rings (SSSR count). The molecule has 1 atom stereocenters. The smallest absolute Gasteiger partial charge is 0.232 e. The molecule has 0 bridgehead atoms. The molecule has 1 aliphatic heterocycles. The van der Waals surface area contributed by atoms with Gasteiger partial charge in [0.05, 0.1) is 17.4 Å². The highest BCUT2D eigenvalue weighted by atomic mass is 32.2. The number of piperidine rings is 1. The average molecular weight is 311 g/mol. The number of hydrogen-bond acceptors (Lipinski definition) is 5. The zero-order valence-electron chi connectivity index (χ0n) is 12.4. The molecule has 1 aliphatic rings. The van der Waals surface area contributed by atoms with Gasteiger partial charge in [-0.3, -0.25) is 9.59 Å². The molecule has 6 nitrogen and oxygen atoms in total. The summed E-state index contributed by atoms with van der Waals surface area (Å²) >= 11 is 1.54. The topological polar surface area (TPSA) is 89.4 Å². The molecule has 1 unspecified atom stereocenters. The van der Waals surface area contributed by atoms with Crippen molar-refractivity contribution < 1.29 is 14.1 Å². The van der Waals surface area contributed by atoms with Crippen LogP contribution in [0.3, 0.4) is 0 Å². The second kappa shape index (κ2) is 6.98. The zero-order chi connectivity index (χ0) is 15.4. The van der Waals surface area contributed by atoms with Crippen molar-refractivity contribution in [3.63, 3.8) is 0 Å². The Morgan fingerprint density at radius 2 is 2.24 bits per heavy atom. The van der Waals surface area contributed by atoms with Gasteiger partial charge in [-0.05, 0) is 26.7 Å². The third-order valence-electron chi connectivity index (χ3n) is 3.83. The number of likely N-dealkylation sites (tertiary alicyclic amines) is 1. The van der Waals surface area contributed by atoms with Crippen molar-refractivity contribution in [1.82, 2.24) is 10.1 Å². The van der Waals surface area contributed by atoms with E-state index in [1.165, 1.54) is 0 Å². The molecule has 116 valence electrons. The minimum atomic E-state index is -0.309. The maximum Gasteiger partial charge on any atom is 0.232 e. The van der Waals surface area contributed by atoms with Crippen molar-refractivity contribution in [2.75, 3.05) is 18.8 Å². The van der Waals surface area contributed by atoms with E-state index >= 15 is 0 Å². The molecule has 2 heterocycles. The lowest BCUT2D eigenvalue weighted by atomic mass is 9.97. The summed E-state index contributed by atoms with van der Waals surface area (Å²) in [4.78, 5) is 25.2. The Bertz CT molecular complexity index is 510. The Morgan fingerprint density at radius 3 is 2.86 bits per heavy atom. The Morgan fingerprint density at radius 1 is 1.48 bits per heavy atom. The molecule has 0 aliphatic carbocycles. The van der Waals surface area contributed by atoms with Crippen molar-refractivity contribution in [3.8, 4) is 0 Å². The fourth-order valence-corrected chi connectivity index (χ4v) is 3.55. The molecule has 7 heteroatoms. The maximum atomic E-state index is 12.2. The molecule has 1 aromatic heterocycles. The van der Waals surface area contributed by atoms with Gasteiger partial charge in [0.1, 0.15) is 5.76 Å². The average Bonchev–Trinajstić information content (AvgIpc) is 2.79. The molecule has 1 aromatic rings. The molecule has 0 spiro atoms. The number of primary amides is 1. The molecule has 1 fully saturated rings. The van der Waals surface area contributed by atoms with Crippen LogP contribution >= 0.6 is 11.8 Å². The standard InChI is InChI=1S/C14H21N3O3S/c1-9-12(10(2)20-16-9)7-21-8-13(18)17-5-3-4-11(6-17)14(15)19/h11H,3-8H2,1-2H3,(H2,15,19). The van der Waals surface area contributed by atoms with E-state index in [9.17, 15) is 9.59 Å². The van der Waals surface area contributed by atoms with Crippen LogP contribution in [0.4, 0.5) is 0 Å². The first-order valence-corrected chi connectivity index (χ1v) is 8.21. The van der Waals surface area contributed by atoms with Crippen LogP contribution in [0.25, 0.3) is 0 Å². The summed E-state index contributed by atoms with van der Waals surface area (Å²) in [5, 5.41) is 3.90. The maximum absolute atomic E-state index is 12.2. The third kappa shape index (κ3) is 4.00. The number of aromatic nitrogens is 1. The van der Waals surface area contributed by atoms with E-state index in [4.69, 9.17) is 10.3 Å². The summed E-state index contributed by atoms with van der Waals surface area (Å²) in [6.45, 7) is 4.95. The van der Waals surface area contributed by atoms with Crippen LogP contribution in [0, 0.1) is 19.8 Å². The summed E-state index contributed by atoms with van der Waals surface area (Å²) in [6.07, 6.45) is 1.62. The van der Waals surface area contributed by atoms with Crippen molar-refractivity contribution in [2.24, 2.45) is 11.7 Å². The van der Waals surface area contributed by atoms with E-state index in [1.54, 1.807) is 16.7 Å². The summed E-state index contributed by atoms with van der Waals surface area (Å²) in [5.74, 6) is 1.47. The summed E-state index contributed by atoms with van der Waals surface area (Å²) < 4.78 is 5.10. The second-order valence-electron chi connectivity index (χ2n) is 5.38. The van der Waals surface area contributed by atoms with Gasteiger partial charge in [-0.25, -0.2) is 0 Å². The number of carbonyl (C=O) groups is 2. The summed E-state index contributed by atoms with van der Waals surface area (Å²) in [6, 6.07) is 0. The molecule has 0 aromatic carbocycles. The first-order chi connectivity index (χ1) is 9.99. The van der Waals surface area contributed by atoms with Gasteiger partial charge in [0, 0.05) is 24.4 Å². The zero-order valence-corrected chi connectivity index (χ0v) is 13.2. The van der Waals surface area contributed by atoms with Crippen molar-refractivity contribution in [3.05, 3.63) is 17.0 Å². The molecule has 1 saturated heterocycles. The number of thioether (sulfide) groups is 1. The van der Waals surface area contributed by atoms with Crippen molar-refractivity contribution in [2.45, 2.75) is 32.4 Å². The van der Waals surface area contributed by atoms with Gasteiger partial charge in [-0.15, -0.1) is 11.8 Å². The largest absolute Gasteiger partial charge is 0.369 e. The van der Waals surface area contributed by atoms with Crippen LogP contribution in [-0.4, -0.2) is 40.7 Å². The predicted molar refractivity (Wildman–Crippen MR) is 80.6 cm³/mol. The van der Waals surface area contributed by atoms with E-state index in [-0.39, 0.29) is 17.7 Å². The van der Waals surface area contributed by atoms with Crippen LogP contribution in [-0.2, 0) is 15.3 Å². The van der Waals surface area contributed by atoms with E-state index in [0.29, 0.717) is 24.6 Å². The lowest BCUT2D eigenvalue weighted by Gasteiger charge is -2.31. The highest BCUT2D eigenvalue weighted by molar-refractivity contribution is 7.99. The van der Waals surface area contributed by atoms with Gasteiger partial charge in [-0.1, -0.05) is 5.16 Å². The SMILES string of the molecule is Cc1noc(C)c1CSCC(=O)N1CCCC(C(N)=O)C1. The van der Waals surface area contributed by atoms with Crippen LogP contribution in [0.2, 0.25) is 0 Å². The molecule has 21 heavy (non-hydrogen) atoms. The number of aryl methyl sites for hydroxylation is 2.